The quantitative estimate of drug-likeness (QED) is 0.776. The Bertz CT molecular complexity index is 432. The molecule has 0 unspecified atom stereocenters. The van der Waals surface area contributed by atoms with Crippen LogP contribution >= 0.6 is 0 Å². The Kier molecular flexibility index (Phi) is 6.42. The Morgan fingerprint density at radius 2 is 2.10 bits per heavy atom. The predicted molar refractivity (Wildman–Crippen MR) is 83.4 cm³/mol. The summed E-state index contributed by atoms with van der Waals surface area (Å²) >= 11 is 0. The number of nitrogens with zero attached hydrogens (tertiary/aromatic N) is 2. The van der Waals surface area contributed by atoms with Gasteiger partial charge in [0.1, 0.15) is 5.75 Å². The van der Waals surface area contributed by atoms with Gasteiger partial charge in [-0.25, -0.2) is 0 Å². The molecule has 2 rings (SSSR count). The number of rotatable bonds is 7. The molecule has 0 aromatic carbocycles. The van der Waals surface area contributed by atoms with E-state index in [1.807, 2.05) is 19.1 Å². The molecule has 1 aliphatic rings. The average Bonchev–Trinajstić information content (AvgIpc) is 2.48. The van der Waals surface area contributed by atoms with Crippen LogP contribution in [-0.4, -0.2) is 49.3 Å². The van der Waals surface area contributed by atoms with Crippen molar-refractivity contribution in [1.29, 1.82) is 0 Å². The smallest absolute Gasteiger partial charge is 0.122 e. The molecule has 0 aliphatic carbocycles. The SMILES string of the molecule is COc1cc(C)nc(CN2CCC(OCCCN)CC2)c1. The summed E-state index contributed by atoms with van der Waals surface area (Å²) in [4.78, 5) is 7.02. The summed E-state index contributed by atoms with van der Waals surface area (Å²) in [7, 11) is 1.70. The Labute approximate surface area is 127 Å². The maximum Gasteiger partial charge on any atom is 0.122 e. The molecule has 1 aliphatic heterocycles. The summed E-state index contributed by atoms with van der Waals surface area (Å²) in [6.45, 7) is 6.51. The third kappa shape index (κ3) is 5.26. The van der Waals surface area contributed by atoms with E-state index in [1.54, 1.807) is 7.11 Å². The number of piperidine rings is 1. The maximum atomic E-state index is 5.84. The van der Waals surface area contributed by atoms with Crippen molar-refractivity contribution in [3.05, 3.63) is 23.5 Å². The van der Waals surface area contributed by atoms with Crippen molar-refractivity contribution < 1.29 is 9.47 Å². The van der Waals surface area contributed by atoms with E-state index in [1.165, 1.54) is 0 Å². The van der Waals surface area contributed by atoms with Gasteiger partial charge in [0, 0.05) is 44.1 Å². The zero-order valence-corrected chi connectivity index (χ0v) is 13.2. The number of nitrogens with two attached hydrogens (primary N) is 1. The fourth-order valence-corrected chi connectivity index (χ4v) is 2.70. The molecular formula is C16H27N3O2. The second-order valence-electron chi connectivity index (χ2n) is 5.63. The van der Waals surface area contributed by atoms with E-state index in [0.717, 1.165) is 62.6 Å². The van der Waals surface area contributed by atoms with Gasteiger partial charge in [-0.1, -0.05) is 0 Å². The van der Waals surface area contributed by atoms with Crippen molar-refractivity contribution >= 4 is 0 Å². The lowest BCUT2D eigenvalue weighted by atomic mass is 10.1. The third-order valence-electron chi connectivity index (χ3n) is 3.84. The van der Waals surface area contributed by atoms with E-state index in [9.17, 15) is 0 Å². The van der Waals surface area contributed by atoms with Gasteiger partial charge in [-0.05, 0) is 32.7 Å². The maximum absolute atomic E-state index is 5.84. The number of hydrogen-bond donors (Lipinski definition) is 1. The molecule has 5 nitrogen and oxygen atoms in total. The molecule has 1 aromatic rings. The molecule has 0 radical (unpaired) electrons. The molecule has 0 saturated carbocycles. The molecule has 118 valence electrons. The minimum absolute atomic E-state index is 0.396. The van der Waals surface area contributed by atoms with Crippen LogP contribution in [0.2, 0.25) is 0 Å². The summed E-state index contributed by atoms with van der Waals surface area (Å²) in [6, 6.07) is 3.98. The van der Waals surface area contributed by atoms with Gasteiger partial charge in [-0.15, -0.1) is 0 Å². The van der Waals surface area contributed by atoms with Crippen LogP contribution in [0.4, 0.5) is 0 Å². The van der Waals surface area contributed by atoms with Gasteiger partial charge < -0.3 is 15.2 Å². The third-order valence-corrected chi connectivity index (χ3v) is 3.84. The second-order valence-corrected chi connectivity index (χ2v) is 5.63. The minimum atomic E-state index is 0.396. The molecule has 0 atom stereocenters. The highest BCUT2D eigenvalue weighted by Gasteiger charge is 2.20. The number of hydrogen-bond acceptors (Lipinski definition) is 5. The van der Waals surface area contributed by atoms with E-state index in [0.29, 0.717) is 12.6 Å². The number of aryl methyl sites for hydroxylation is 1. The first-order chi connectivity index (χ1) is 10.2. The Hall–Kier alpha value is -1.17. The van der Waals surface area contributed by atoms with Crippen LogP contribution < -0.4 is 10.5 Å². The van der Waals surface area contributed by atoms with Gasteiger partial charge in [0.05, 0.1) is 18.9 Å². The lowest BCUT2D eigenvalue weighted by Gasteiger charge is -2.31. The number of likely N-dealkylation sites (tertiary alicyclic amines) is 1. The van der Waals surface area contributed by atoms with E-state index in [-0.39, 0.29) is 0 Å². The highest BCUT2D eigenvalue weighted by Crippen LogP contribution is 2.18. The minimum Gasteiger partial charge on any atom is -0.497 e. The monoisotopic (exact) mass is 293 g/mol. The molecule has 0 amide bonds. The van der Waals surface area contributed by atoms with Crippen molar-refractivity contribution in [1.82, 2.24) is 9.88 Å². The molecule has 1 fully saturated rings. The van der Waals surface area contributed by atoms with Crippen molar-refractivity contribution in [2.75, 3.05) is 33.4 Å². The van der Waals surface area contributed by atoms with E-state index >= 15 is 0 Å². The molecular weight excluding hydrogens is 266 g/mol. The number of methoxy groups -OCH3 is 1. The topological polar surface area (TPSA) is 60.6 Å². The van der Waals surface area contributed by atoms with Crippen molar-refractivity contribution in [3.63, 3.8) is 0 Å². The fourth-order valence-electron chi connectivity index (χ4n) is 2.70. The normalized spacial score (nSPS) is 17.1. The first-order valence-corrected chi connectivity index (χ1v) is 7.77. The van der Waals surface area contributed by atoms with Crippen LogP contribution in [0.3, 0.4) is 0 Å². The Balaban J connectivity index is 1.79. The van der Waals surface area contributed by atoms with Gasteiger partial charge in [-0.3, -0.25) is 9.88 Å². The van der Waals surface area contributed by atoms with Gasteiger partial charge in [0.2, 0.25) is 0 Å². The summed E-state index contributed by atoms with van der Waals surface area (Å²) in [5.41, 5.74) is 7.56. The molecule has 5 heteroatoms. The molecule has 0 spiro atoms. The highest BCUT2D eigenvalue weighted by molar-refractivity contribution is 5.26. The molecule has 2 heterocycles. The standard InChI is InChI=1S/C16H27N3O2/c1-13-10-16(20-2)11-14(18-13)12-19-7-4-15(5-8-19)21-9-3-6-17/h10-11,15H,3-9,12,17H2,1-2H3. The van der Waals surface area contributed by atoms with E-state index < -0.39 is 0 Å². The first-order valence-electron chi connectivity index (χ1n) is 7.77. The first kappa shape index (κ1) is 16.2. The summed E-state index contributed by atoms with van der Waals surface area (Å²) < 4.78 is 11.1. The number of ether oxygens (including phenoxy) is 2. The fraction of sp³-hybridized carbons (Fsp3) is 0.688. The molecule has 21 heavy (non-hydrogen) atoms. The van der Waals surface area contributed by atoms with E-state index in [4.69, 9.17) is 15.2 Å². The van der Waals surface area contributed by atoms with E-state index in [2.05, 4.69) is 9.88 Å². The van der Waals surface area contributed by atoms with Crippen LogP contribution in [0.1, 0.15) is 30.7 Å². The summed E-state index contributed by atoms with van der Waals surface area (Å²) in [5, 5.41) is 0. The van der Waals surface area contributed by atoms with Crippen molar-refractivity contribution in [3.8, 4) is 5.75 Å². The van der Waals surface area contributed by atoms with Gasteiger partial charge in [-0.2, -0.15) is 0 Å². The van der Waals surface area contributed by atoms with Crippen LogP contribution in [0.15, 0.2) is 12.1 Å². The van der Waals surface area contributed by atoms with Gasteiger partial charge in [0.25, 0.3) is 0 Å². The lowest BCUT2D eigenvalue weighted by Crippen LogP contribution is -2.37. The molecule has 2 N–H and O–H groups in total. The van der Waals surface area contributed by atoms with Gasteiger partial charge in [0.15, 0.2) is 0 Å². The molecule has 0 bridgehead atoms. The average molecular weight is 293 g/mol. The second kappa shape index (κ2) is 8.32. The summed E-state index contributed by atoms with van der Waals surface area (Å²) in [6.07, 6.45) is 3.53. The Morgan fingerprint density at radius 1 is 1.33 bits per heavy atom. The number of aromatic nitrogens is 1. The number of pyridine rings is 1. The Morgan fingerprint density at radius 3 is 2.76 bits per heavy atom. The zero-order valence-electron chi connectivity index (χ0n) is 13.2. The molecule has 1 saturated heterocycles. The van der Waals surface area contributed by atoms with Crippen LogP contribution in [0, 0.1) is 6.92 Å². The zero-order chi connectivity index (χ0) is 15.1. The van der Waals surface area contributed by atoms with Crippen LogP contribution in [0.5, 0.6) is 5.75 Å². The van der Waals surface area contributed by atoms with Crippen molar-refractivity contribution in [2.24, 2.45) is 5.73 Å². The molecule has 1 aromatic heterocycles. The highest BCUT2D eigenvalue weighted by atomic mass is 16.5. The van der Waals surface area contributed by atoms with Crippen LogP contribution in [-0.2, 0) is 11.3 Å². The summed E-state index contributed by atoms with van der Waals surface area (Å²) in [5.74, 6) is 0.887. The lowest BCUT2D eigenvalue weighted by molar-refractivity contribution is 0.00538. The predicted octanol–water partition coefficient (Wildman–Crippen LogP) is 1.73. The largest absolute Gasteiger partial charge is 0.497 e. The van der Waals surface area contributed by atoms with Crippen molar-refractivity contribution in [2.45, 2.75) is 38.8 Å². The van der Waals surface area contributed by atoms with Gasteiger partial charge >= 0.3 is 0 Å². The van der Waals surface area contributed by atoms with Crippen LogP contribution in [0.25, 0.3) is 0 Å².